The van der Waals surface area contributed by atoms with E-state index in [1.54, 1.807) is 11.0 Å². The summed E-state index contributed by atoms with van der Waals surface area (Å²) >= 11 is 0. The van der Waals surface area contributed by atoms with Crippen LogP contribution >= 0.6 is 0 Å². The number of nitrogens with zero attached hydrogens (tertiary/aromatic N) is 2. The Bertz CT molecular complexity index is 838. The molecule has 1 saturated heterocycles. The molecule has 0 bridgehead atoms. The molecule has 30 heavy (non-hydrogen) atoms. The fraction of sp³-hybridized carbons (Fsp3) is 0.435. The molecule has 0 spiro atoms. The first-order chi connectivity index (χ1) is 14.6. The third-order valence-electron chi connectivity index (χ3n) is 5.05. The van der Waals surface area contributed by atoms with Crippen LogP contribution in [0.15, 0.2) is 47.7 Å². The smallest absolute Gasteiger partial charge is 0.338 e. The molecule has 0 unspecified atom stereocenters. The number of rotatable bonds is 3. The van der Waals surface area contributed by atoms with Crippen LogP contribution in [-0.2, 0) is 20.8 Å². The lowest BCUT2D eigenvalue weighted by Crippen LogP contribution is -2.37. The fourth-order valence-corrected chi connectivity index (χ4v) is 3.45. The predicted molar refractivity (Wildman–Crippen MR) is 113 cm³/mol. The minimum absolute atomic E-state index is 0.0512. The van der Waals surface area contributed by atoms with E-state index in [2.05, 4.69) is 5.16 Å². The van der Waals surface area contributed by atoms with Crippen LogP contribution in [0, 0.1) is 0 Å². The highest BCUT2D eigenvalue weighted by Crippen LogP contribution is 2.19. The Hall–Kier alpha value is -3.09. The molecule has 0 aromatic heterocycles. The lowest BCUT2D eigenvalue weighted by molar-refractivity contribution is -0.137. The van der Waals surface area contributed by atoms with Gasteiger partial charge in [-0.05, 0) is 61.9 Å². The monoisotopic (exact) mass is 412 g/mol. The second-order valence-corrected chi connectivity index (χ2v) is 7.37. The van der Waals surface area contributed by atoms with Crippen molar-refractivity contribution >= 4 is 17.6 Å². The number of ether oxygens (including phenoxy) is 1. The summed E-state index contributed by atoms with van der Waals surface area (Å²) < 4.78 is 5.29. The molecule has 0 saturated carbocycles. The molecule has 160 valence electrons. The highest BCUT2D eigenvalue weighted by Gasteiger charge is 2.18. The van der Waals surface area contributed by atoms with Crippen molar-refractivity contribution in [3.63, 3.8) is 0 Å². The van der Waals surface area contributed by atoms with Crippen LogP contribution in [0.25, 0.3) is 0 Å². The van der Waals surface area contributed by atoms with Crippen LogP contribution in [0.2, 0.25) is 0 Å². The average Bonchev–Trinajstić information content (AvgIpc) is 2.76. The molecule has 7 nitrogen and oxygen atoms in total. The fourth-order valence-electron chi connectivity index (χ4n) is 3.45. The molecule has 1 amide bonds. The van der Waals surface area contributed by atoms with Gasteiger partial charge in [0, 0.05) is 19.5 Å². The van der Waals surface area contributed by atoms with Crippen molar-refractivity contribution < 1.29 is 24.3 Å². The molecular formula is C23H28N2O5. The summed E-state index contributed by atoms with van der Waals surface area (Å²) in [7, 11) is 0. The van der Waals surface area contributed by atoms with E-state index in [0.717, 1.165) is 45.2 Å². The molecule has 3 rings (SSSR count). The number of aromatic hydroxyl groups is 1. The quantitative estimate of drug-likeness (QED) is 0.467. The van der Waals surface area contributed by atoms with Gasteiger partial charge in [0.1, 0.15) is 12.4 Å². The second-order valence-electron chi connectivity index (χ2n) is 7.37. The summed E-state index contributed by atoms with van der Waals surface area (Å²) in [5, 5.41) is 14.0. The summed E-state index contributed by atoms with van der Waals surface area (Å²) in [5.74, 6) is -0.479. The number of esters is 1. The number of benzene rings is 1. The maximum absolute atomic E-state index is 12.4. The molecule has 1 aromatic carbocycles. The summed E-state index contributed by atoms with van der Waals surface area (Å²) in [6.07, 6.45) is 12.6. The molecule has 1 aromatic rings. The van der Waals surface area contributed by atoms with E-state index in [9.17, 15) is 14.7 Å². The highest BCUT2D eigenvalue weighted by molar-refractivity contribution is 5.99. The molecule has 0 radical (unpaired) electrons. The van der Waals surface area contributed by atoms with Gasteiger partial charge < -0.3 is 19.6 Å². The van der Waals surface area contributed by atoms with Crippen molar-refractivity contribution in [2.45, 2.75) is 38.5 Å². The van der Waals surface area contributed by atoms with Gasteiger partial charge in [-0.3, -0.25) is 4.79 Å². The zero-order valence-electron chi connectivity index (χ0n) is 17.1. The topological polar surface area (TPSA) is 88.4 Å². The Morgan fingerprint density at radius 1 is 1.13 bits per heavy atom. The Labute approximate surface area is 176 Å². The van der Waals surface area contributed by atoms with Gasteiger partial charge in [-0.1, -0.05) is 23.4 Å². The number of carbonyl (C=O) groups excluding carboxylic acids is 2. The number of allylic oxidation sites excluding steroid dienone is 3. The number of phenols is 1. The van der Waals surface area contributed by atoms with Gasteiger partial charge in [-0.25, -0.2) is 4.79 Å². The van der Waals surface area contributed by atoms with E-state index in [-0.39, 0.29) is 31.3 Å². The first-order valence-corrected chi connectivity index (χ1v) is 10.4. The normalized spacial score (nSPS) is 21.4. The molecule has 7 heteroatoms. The van der Waals surface area contributed by atoms with Crippen molar-refractivity contribution in [1.29, 1.82) is 0 Å². The van der Waals surface area contributed by atoms with Crippen LogP contribution in [-0.4, -0.2) is 53.9 Å². The van der Waals surface area contributed by atoms with Crippen molar-refractivity contribution in [3.8, 4) is 5.75 Å². The number of phenolic OH excluding ortho intramolecular Hbond substituents is 1. The van der Waals surface area contributed by atoms with E-state index < -0.39 is 5.97 Å². The van der Waals surface area contributed by atoms with E-state index in [1.807, 2.05) is 24.3 Å². The van der Waals surface area contributed by atoms with E-state index in [1.165, 1.54) is 12.1 Å². The minimum atomic E-state index is -0.460. The molecular weight excluding hydrogens is 384 g/mol. The Morgan fingerprint density at radius 3 is 2.77 bits per heavy atom. The predicted octanol–water partition coefficient (Wildman–Crippen LogP) is 3.38. The SMILES string of the molecule is O=C1OC/C=C/CC/C=C/C(=N\OCC(=O)N2CCCCC2)Cc2cc(O)ccc21. The number of carbonyl (C=O) groups is 2. The van der Waals surface area contributed by atoms with Gasteiger partial charge in [0.15, 0.2) is 6.61 Å². The van der Waals surface area contributed by atoms with Gasteiger partial charge in [0.2, 0.25) is 0 Å². The number of hydrogen-bond acceptors (Lipinski definition) is 6. The minimum Gasteiger partial charge on any atom is -0.508 e. The first-order valence-electron chi connectivity index (χ1n) is 10.4. The number of likely N-dealkylation sites (tertiary alicyclic amines) is 1. The summed E-state index contributed by atoms with van der Waals surface area (Å²) in [6, 6.07) is 4.52. The Morgan fingerprint density at radius 2 is 1.93 bits per heavy atom. The lowest BCUT2D eigenvalue weighted by Gasteiger charge is -2.26. The number of piperidine rings is 1. The third-order valence-corrected chi connectivity index (χ3v) is 5.05. The van der Waals surface area contributed by atoms with Crippen LogP contribution in [0.3, 0.4) is 0 Å². The summed E-state index contributed by atoms with van der Waals surface area (Å²) in [4.78, 5) is 31.9. The molecule has 1 N–H and O–H groups in total. The maximum atomic E-state index is 12.4. The van der Waals surface area contributed by atoms with Crippen molar-refractivity contribution in [3.05, 3.63) is 53.6 Å². The maximum Gasteiger partial charge on any atom is 0.338 e. The van der Waals surface area contributed by atoms with Crippen molar-refractivity contribution in [2.75, 3.05) is 26.3 Å². The third kappa shape index (κ3) is 6.47. The number of cyclic esters (lactones) is 1. The van der Waals surface area contributed by atoms with Crippen molar-refractivity contribution in [2.24, 2.45) is 5.16 Å². The first kappa shape index (κ1) is 21.6. The number of oxime groups is 1. The van der Waals surface area contributed by atoms with Crippen LogP contribution in [0.5, 0.6) is 5.75 Å². The molecule has 0 atom stereocenters. The lowest BCUT2D eigenvalue weighted by atomic mass is 10.0. The van der Waals surface area contributed by atoms with Gasteiger partial charge in [-0.2, -0.15) is 0 Å². The number of amides is 1. The molecule has 2 aliphatic rings. The van der Waals surface area contributed by atoms with E-state index >= 15 is 0 Å². The summed E-state index contributed by atoms with van der Waals surface area (Å²) in [6.45, 7) is 1.61. The van der Waals surface area contributed by atoms with Crippen LogP contribution in [0.1, 0.15) is 48.0 Å². The average molecular weight is 412 g/mol. The van der Waals surface area contributed by atoms with Crippen LogP contribution < -0.4 is 0 Å². The Kier molecular flexibility index (Phi) is 8.06. The van der Waals surface area contributed by atoms with Gasteiger partial charge >= 0.3 is 5.97 Å². The number of hydrogen-bond donors (Lipinski definition) is 1. The zero-order valence-corrected chi connectivity index (χ0v) is 17.1. The van der Waals surface area contributed by atoms with Gasteiger partial charge in [-0.15, -0.1) is 0 Å². The summed E-state index contributed by atoms with van der Waals surface area (Å²) in [5.41, 5.74) is 1.51. The van der Waals surface area contributed by atoms with Gasteiger partial charge in [0.05, 0.1) is 11.3 Å². The Balaban J connectivity index is 1.75. The highest BCUT2D eigenvalue weighted by atomic mass is 16.6. The molecule has 1 fully saturated rings. The standard InChI is InChI=1S/C23H28N2O5/c26-20-10-11-21-18(16-20)15-19(9-5-2-1-3-8-14-29-23(21)28)24-30-17-22(27)25-12-6-4-7-13-25/h3,5,8-11,16,26H,1-2,4,6-7,12-15,17H2/b8-3+,9-5+,24-19+. The van der Waals surface area contributed by atoms with E-state index in [4.69, 9.17) is 9.57 Å². The molecule has 2 heterocycles. The van der Waals surface area contributed by atoms with Crippen LogP contribution in [0.4, 0.5) is 0 Å². The number of fused-ring (bicyclic) bond motifs is 1. The largest absolute Gasteiger partial charge is 0.508 e. The van der Waals surface area contributed by atoms with Crippen molar-refractivity contribution in [1.82, 2.24) is 4.90 Å². The molecule has 2 aliphatic heterocycles. The van der Waals surface area contributed by atoms with Gasteiger partial charge in [0.25, 0.3) is 5.91 Å². The molecule has 0 aliphatic carbocycles. The second kappa shape index (κ2) is 11.2. The van der Waals surface area contributed by atoms with E-state index in [0.29, 0.717) is 16.8 Å². The zero-order chi connectivity index (χ0) is 21.2.